The summed E-state index contributed by atoms with van der Waals surface area (Å²) in [7, 11) is -3.59. The van der Waals surface area contributed by atoms with Gasteiger partial charge in [-0.3, -0.25) is 0 Å². The van der Waals surface area contributed by atoms with Crippen molar-refractivity contribution in [1.82, 2.24) is 19.7 Å². The maximum Gasteiger partial charge on any atom is 0.240 e. The molecule has 1 aromatic carbocycles. The number of sulfonamides is 1. The molecule has 3 heterocycles. The number of benzene rings is 1. The molecule has 10 heteroatoms. The third-order valence-corrected chi connectivity index (χ3v) is 5.91. The molecule has 0 saturated carbocycles. The summed E-state index contributed by atoms with van der Waals surface area (Å²) in [4.78, 5) is 13.1. The average Bonchev–Trinajstić information content (AvgIpc) is 3.20. The molecule has 3 N–H and O–H groups in total. The summed E-state index contributed by atoms with van der Waals surface area (Å²) < 4.78 is 33.1. The third-order valence-electron chi connectivity index (χ3n) is 4.45. The number of ether oxygens (including phenoxy) is 1. The number of aromatic nitrogens is 3. The molecule has 0 bridgehead atoms. The molecule has 0 saturated heterocycles. The van der Waals surface area contributed by atoms with Gasteiger partial charge in [-0.15, -0.1) is 0 Å². The number of rotatable bonds is 8. The summed E-state index contributed by atoms with van der Waals surface area (Å²) in [6.07, 6.45) is 2.41. The Bertz CT molecular complexity index is 1140. The van der Waals surface area contributed by atoms with Crippen molar-refractivity contribution < 1.29 is 13.2 Å². The molecule has 0 radical (unpaired) electrons. The molecular formula is C20H22N6O3S. The average molecular weight is 427 g/mol. The van der Waals surface area contributed by atoms with Gasteiger partial charge in [0, 0.05) is 31.8 Å². The predicted octanol–water partition coefficient (Wildman–Crippen LogP) is 2.25. The Morgan fingerprint density at radius 3 is 2.73 bits per heavy atom. The lowest BCUT2D eigenvalue weighted by Crippen LogP contribution is -2.29. The highest BCUT2D eigenvalue weighted by Gasteiger charge is 2.18. The number of nitrogens with one attached hydrogen (secondary N) is 3. The fourth-order valence-electron chi connectivity index (χ4n) is 3.08. The van der Waals surface area contributed by atoms with E-state index in [9.17, 15) is 8.42 Å². The number of aryl methyl sites for hydroxylation is 1. The minimum absolute atomic E-state index is 0.210. The molecule has 3 aromatic rings. The lowest BCUT2D eigenvalue weighted by molar-refractivity contribution is 0.356. The standard InChI is InChI=1S/C20H22N6O3S/c1-14-24-19(13-20(25-14)26-18-4-2-3-8-21-18)22-9-10-23-30(27,28)16-5-6-17-15(12-16)7-11-29-17/h2-6,8,12-13,23H,7,9-11H2,1H3,(H2,21,22,24,25,26). The van der Waals surface area contributed by atoms with Crippen molar-refractivity contribution in [2.45, 2.75) is 18.2 Å². The van der Waals surface area contributed by atoms with Crippen molar-refractivity contribution >= 4 is 27.5 Å². The molecule has 0 fully saturated rings. The first-order valence-corrected chi connectivity index (χ1v) is 11.0. The van der Waals surface area contributed by atoms with Gasteiger partial charge in [0.15, 0.2) is 0 Å². The summed E-state index contributed by atoms with van der Waals surface area (Å²) in [6, 6.07) is 12.2. The highest BCUT2D eigenvalue weighted by atomic mass is 32.2. The van der Waals surface area contributed by atoms with E-state index in [0.29, 0.717) is 36.4 Å². The van der Waals surface area contributed by atoms with Crippen LogP contribution in [0.25, 0.3) is 0 Å². The zero-order chi connectivity index (χ0) is 21.0. The van der Waals surface area contributed by atoms with E-state index in [0.717, 1.165) is 17.7 Å². The molecule has 1 aliphatic rings. The molecule has 9 nitrogen and oxygen atoms in total. The summed E-state index contributed by atoms with van der Waals surface area (Å²) in [5, 5.41) is 6.24. The van der Waals surface area contributed by atoms with E-state index in [4.69, 9.17) is 4.74 Å². The Kier molecular flexibility index (Phi) is 5.77. The summed E-state index contributed by atoms with van der Waals surface area (Å²) in [5.74, 6) is 3.21. The lowest BCUT2D eigenvalue weighted by Gasteiger charge is -2.11. The highest BCUT2D eigenvalue weighted by molar-refractivity contribution is 7.89. The molecule has 0 spiro atoms. The van der Waals surface area contributed by atoms with E-state index in [1.807, 2.05) is 18.2 Å². The quantitative estimate of drug-likeness (QED) is 0.470. The van der Waals surface area contributed by atoms with Gasteiger partial charge in [0.25, 0.3) is 0 Å². The predicted molar refractivity (Wildman–Crippen MR) is 114 cm³/mol. The Morgan fingerprint density at radius 1 is 1.03 bits per heavy atom. The van der Waals surface area contributed by atoms with Crippen molar-refractivity contribution in [3.8, 4) is 5.75 Å². The Hall–Kier alpha value is -3.24. The molecule has 1 aliphatic heterocycles. The molecule has 0 amide bonds. The Labute approximate surface area is 175 Å². The minimum atomic E-state index is -3.59. The smallest absolute Gasteiger partial charge is 0.240 e. The Balaban J connectivity index is 1.34. The highest BCUT2D eigenvalue weighted by Crippen LogP contribution is 2.27. The number of fused-ring (bicyclic) bond motifs is 1. The van der Waals surface area contributed by atoms with Gasteiger partial charge in [-0.25, -0.2) is 28.1 Å². The Morgan fingerprint density at radius 2 is 1.90 bits per heavy atom. The van der Waals surface area contributed by atoms with Crippen LogP contribution < -0.4 is 20.1 Å². The van der Waals surface area contributed by atoms with Crippen LogP contribution in [-0.4, -0.2) is 43.1 Å². The van der Waals surface area contributed by atoms with Gasteiger partial charge in [0.2, 0.25) is 10.0 Å². The molecule has 156 valence electrons. The van der Waals surface area contributed by atoms with Gasteiger partial charge in [-0.1, -0.05) is 6.07 Å². The van der Waals surface area contributed by atoms with E-state index in [1.54, 1.807) is 37.4 Å². The van der Waals surface area contributed by atoms with Crippen LogP contribution in [0.15, 0.2) is 53.6 Å². The van der Waals surface area contributed by atoms with Gasteiger partial charge < -0.3 is 15.4 Å². The van der Waals surface area contributed by atoms with E-state index in [1.165, 1.54) is 0 Å². The van der Waals surface area contributed by atoms with E-state index >= 15 is 0 Å². The zero-order valence-corrected chi connectivity index (χ0v) is 17.2. The van der Waals surface area contributed by atoms with Crippen LogP contribution in [0.1, 0.15) is 11.4 Å². The van der Waals surface area contributed by atoms with Gasteiger partial charge in [-0.2, -0.15) is 0 Å². The van der Waals surface area contributed by atoms with Crippen LogP contribution in [0, 0.1) is 6.92 Å². The molecule has 0 aliphatic carbocycles. The fraction of sp³-hybridized carbons (Fsp3) is 0.250. The van der Waals surface area contributed by atoms with Gasteiger partial charge in [0.1, 0.15) is 29.0 Å². The second kappa shape index (κ2) is 8.64. The summed E-state index contributed by atoms with van der Waals surface area (Å²) in [5.41, 5.74) is 0.917. The number of anilines is 3. The van der Waals surface area contributed by atoms with Crippen LogP contribution in [0.2, 0.25) is 0 Å². The second-order valence-electron chi connectivity index (χ2n) is 6.72. The monoisotopic (exact) mass is 426 g/mol. The maximum absolute atomic E-state index is 12.5. The summed E-state index contributed by atoms with van der Waals surface area (Å²) >= 11 is 0. The molecule has 0 unspecified atom stereocenters. The van der Waals surface area contributed by atoms with E-state index < -0.39 is 10.0 Å². The molecule has 2 aromatic heterocycles. The molecule has 0 atom stereocenters. The number of hydrogen-bond donors (Lipinski definition) is 3. The second-order valence-corrected chi connectivity index (χ2v) is 8.49. The van der Waals surface area contributed by atoms with Gasteiger partial charge in [-0.05, 0) is 42.8 Å². The van der Waals surface area contributed by atoms with Crippen LogP contribution in [0.3, 0.4) is 0 Å². The van der Waals surface area contributed by atoms with Gasteiger partial charge >= 0.3 is 0 Å². The van der Waals surface area contributed by atoms with Crippen LogP contribution >= 0.6 is 0 Å². The van der Waals surface area contributed by atoms with Crippen molar-refractivity contribution in [3.63, 3.8) is 0 Å². The zero-order valence-electron chi connectivity index (χ0n) is 16.4. The van der Waals surface area contributed by atoms with Gasteiger partial charge in [0.05, 0.1) is 11.5 Å². The largest absolute Gasteiger partial charge is 0.493 e. The first kappa shape index (κ1) is 20.0. The number of nitrogens with zero attached hydrogens (tertiary/aromatic N) is 3. The van der Waals surface area contributed by atoms with Crippen molar-refractivity contribution in [2.75, 3.05) is 30.3 Å². The van der Waals surface area contributed by atoms with Crippen molar-refractivity contribution in [3.05, 3.63) is 60.0 Å². The third kappa shape index (κ3) is 4.84. The summed E-state index contributed by atoms with van der Waals surface area (Å²) in [6.45, 7) is 2.95. The maximum atomic E-state index is 12.5. The van der Waals surface area contributed by atoms with Crippen molar-refractivity contribution in [2.24, 2.45) is 0 Å². The lowest BCUT2D eigenvalue weighted by atomic mass is 10.2. The minimum Gasteiger partial charge on any atom is -0.493 e. The first-order valence-electron chi connectivity index (χ1n) is 9.53. The normalized spacial score (nSPS) is 12.8. The molecular weight excluding hydrogens is 404 g/mol. The molecule has 30 heavy (non-hydrogen) atoms. The van der Waals surface area contributed by atoms with Crippen LogP contribution in [0.5, 0.6) is 5.75 Å². The fourth-order valence-corrected chi connectivity index (χ4v) is 4.16. The van der Waals surface area contributed by atoms with Crippen LogP contribution in [-0.2, 0) is 16.4 Å². The van der Waals surface area contributed by atoms with Crippen molar-refractivity contribution in [1.29, 1.82) is 0 Å². The van der Waals surface area contributed by atoms with E-state index in [-0.39, 0.29) is 11.4 Å². The topological polar surface area (TPSA) is 118 Å². The number of pyridine rings is 1. The SMILES string of the molecule is Cc1nc(NCCNS(=O)(=O)c2ccc3c(c2)CCO3)cc(Nc2ccccn2)n1. The van der Waals surface area contributed by atoms with E-state index in [2.05, 4.69) is 30.3 Å². The van der Waals surface area contributed by atoms with Crippen LogP contribution in [0.4, 0.5) is 17.5 Å². The first-order chi connectivity index (χ1) is 14.5. The number of hydrogen-bond acceptors (Lipinski definition) is 8. The molecule has 4 rings (SSSR count).